The van der Waals surface area contributed by atoms with Crippen LogP contribution in [0.2, 0.25) is 0 Å². The van der Waals surface area contributed by atoms with E-state index in [4.69, 9.17) is 4.74 Å². The molecule has 0 saturated heterocycles. The first-order chi connectivity index (χ1) is 9.56. The molecule has 0 radical (unpaired) electrons. The smallest absolute Gasteiger partial charge is 0.306 e. The maximum Gasteiger partial charge on any atom is 0.306 e. The average molecular weight is 298 g/mol. The van der Waals surface area contributed by atoms with Gasteiger partial charge in [0.1, 0.15) is 0 Å². The normalized spacial score (nSPS) is 13.7. The lowest BCUT2D eigenvalue weighted by molar-refractivity contribution is -0.143. The van der Waals surface area contributed by atoms with Crippen LogP contribution < -0.4 is 5.30 Å². The number of carbonyl (C=O) groups is 1. The number of carbonyl (C=O) groups excluding carboxylic acids is 1. The molecular weight excluding hydrogens is 275 g/mol. The van der Waals surface area contributed by atoms with E-state index in [1.165, 1.54) is 0 Å². The Morgan fingerprint density at radius 3 is 2.55 bits per heavy atom. The molecule has 1 atom stereocenters. The van der Waals surface area contributed by atoms with Gasteiger partial charge in [-0.3, -0.25) is 9.36 Å². The van der Waals surface area contributed by atoms with Crippen molar-refractivity contribution in [2.24, 2.45) is 0 Å². The maximum atomic E-state index is 12.1. The van der Waals surface area contributed by atoms with Gasteiger partial charge in [-0.1, -0.05) is 44.4 Å². The largest absolute Gasteiger partial charge is 0.466 e. The van der Waals surface area contributed by atoms with E-state index in [9.17, 15) is 14.3 Å². The molecule has 1 N–H and O–H groups in total. The standard InChI is InChI=1S/C15H23O4P/c1-2-3-4-8-12-19-15(16)11-13-20(17,18)14-9-6-5-7-10-14/h5-7,9-10H,2-4,8,11-13H2,1H3,(H,17,18). The van der Waals surface area contributed by atoms with Gasteiger partial charge in [0.05, 0.1) is 13.0 Å². The molecule has 4 nitrogen and oxygen atoms in total. The van der Waals surface area contributed by atoms with Gasteiger partial charge in [-0.2, -0.15) is 0 Å². The minimum absolute atomic E-state index is 0.0174. The number of rotatable bonds is 9. The van der Waals surface area contributed by atoms with Crippen LogP contribution in [-0.4, -0.2) is 23.6 Å². The van der Waals surface area contributed by atoms with Crippen LogP contribution in [0, 0.1) is 0 Å². The minimum atomic E-state index is -3.45. The van der Waals surface area contributed by atoms with Crippen molar-refractivity contribution in [2.45, 2.75) is 39.0 Å². The zero-order chi connectivity index (χ0) is 14.8. The highest BCUT2D eigenvalue weighted by molar-refractivity contribution is 7.66. The first-order valence-electron chi connectivity index (χ1n) is 7.09. The second kappa shape index (κ2) is 8.93. The molecule has 1 unspecified atom stereocenters. The second-order valence-corrected chi connectivity index (χ2v) is 7.16. The highest BCUT2D eigenvalue weighted by atomic mass is 31.2. The molecule has 0 saturated carbocycles. The third-order valence-corrected chi connectivity index (χ3v) is 4.97. The number of esters is 1. The molecule has 0 amide bonds. The Morgan fingerprint density at radius 2 is 1.90 bits per heavy atom. The van der Waals surface area contributed by atoms with Crippen molar-refractivity contribution < 1.29 is 19.0 Å². The van der Waals surface area contributed by atoms with E-state index in [-0.39, 0.29) is 12.6 Å². The summed E-state index contributed by atoms with van der Waals surface area (Å²) >= 11 is 0. The summed E-state index contributed by atoms with van der Waals surface area (Å²) in [4.78, 5) is 21.4. The molecule has 0 fully saturated rings. The van der Waals surface area contributed by atoms with Crippen molar-refractivity contribution >= 4 is 18.6 Å². The van der Waals surface area contributed by atoms with Gasteiger partial charge >= 0.3 is 5.97 Å². The van der Waals surface area contributed by atoms with Crippen LogP contribution >= 0.6 is 7.37 Å². The van der Waals surface area contributed by atoms with Crippen LogP contribution in [0.5, 0.6) is 0 Å². The third-order valence-electron chi connectivity index (χ3n) is 3.04. The van der Waals surface area contributed by atoms with E-state index in [2.05, 4.69) is 6.92 Å². The molecule has 0 aromatic heterocycles. The molecule has 20 heavy (non-hydrogen) atoms. The van der Waals surface area contributed by atoms with Gasteiger partial charge in [-0.05, 0) is 18.6 Å². The highest BCUT2D eigenvalue weighted by Gasteiger charge is 2.22. The molecule has 0 aliphatic rings. The Kier molecular flexibility index (Phi) is 7.56. The van der Waals surface area contributed by atoms with Crippen LogP contribution in [0.25, 0.3) is 0 Å². The Bertz CT molecular complexity index is 444. The van der Waals surface area contributed by atoms with Crippen LogP contribution in [0.3, 0.4) is 0 Å². The number of hydrogen-bond acceptors (Lipinski definition) is 3. The molecule has 0 aliphatic heterocycles. The van der Waals surface area contributed by atoms with Gasteiger partial charge in [-0.15, -0.1) is 0 Å². The number of benzene rings is 1. The van der Waals surface area contributed by atoms with Crippen LogP contribution in [0.1, 0.15) is 39.0 Å². The Hall–Kier alpha value is -1.12. The van der Waals surface area contributed by atoms with E-state index in [0.717, 1.165) is 25.7 Å². The Labute approximate surface area is 120 Å². The van der Waals surface area contributed by atoms with Gasteiger partial charge in [0.25, 0.3) is 0 Å². The van der Waals surface area contributed by atoms with Crippen molar-refractivity contribution in [2.75, 3.05) is 12.8 Å². The van der Waals surface area contributed by atoms with Crippen LogP contribution in [-0.2, 0) is 14.1 Å². The highest BCUT2D eigenvalue weighted by Crippen LogP contribution is 2.39. The fourth-order valence-electron chi connectivity index (χ4n) is 1.82. The second-order valence-electron chi connectivity index (χ2n) is 4.79. The summed E-state index contributed by atoms with van der Waals surface area (Å²) in [5.74, 6) is -0.397. The molecule has 1 rings (SSSR count). The third kappa shape index (κ3) is 6.36. The topological polar surface area (TPSA) is 63.6 Å². The lowest BCUT2D eigenvalue weighted by Crippen LogP contribution is -2.12. The Balaban J connectivity index is 2.28. The van der Waals surface area contributed by atoms with Crippen LogP contribution in [0.4, 0.5) is 0 Å². The number of hydrogen-bond donors (Lipinski definition) is 1. The maximum absolute atomic E-state index is 12.1. The molecule has 0 bridgehead atoms. The Morgan fingerprint density at radius 1 is 1.20 bits per heavy atom. The zero-order valence-electron chi connectivity index (χ0n) is 12.0. The summed E-state index contributed by atoms with van der Waals surface area (Å²) in [6, 6.07) is 8.43. The molecule has 0 aliphatic carbocycles. The lowest BCUT2D eigenvalue weighted by atomic mass is 10.2. The van der Waals surface area contributed by atoms with Crippen molar-refractivity contribution in [1.29, 1.82) is 0 Å². The van der Waals surface area contributed by atoms with Crippen LogP contribution in [0.15, 0.2) is 30.3 Å². The monoisotopic (exact) mass is 298 g/mol. The first-order valence-corrected chi connectivity index (χ1v) is 8.94. The summed E-state index contributed by atoms with van der Waals surface area (Å²) in [6.07, 6.45) is 4.10. The SMILES string of the molecule is CCCCCCOC(=O)CCP(=O)(O)c1ccccc1. The molecule has 0 heterocycles. The van der Waals surface area contributed by atoms with Gasteiger partial charge in [0.15, 0.2) is 0 Å². The first kappa shape index (κ1) is 16.9. The fourth-order valence-corrected chi connectivity index (χ4v) is 3.20. The summed E-state index contributed by atoms with van der Waals surface area (Å²) in [5.41, 5.74) is 0. The van der Waals surface area contributed by atoms with Gasteiger partial charge in [0, 0.05) is 11.5 Å². The van der Waals surface area contributed by atoms with Crippen molar-refractivity contribution in [3.63, 3.8) is 0 Å². The molecule has 1 aromatic rings. The average Bonchev–Trinajstić information content (AvgIpc) is 2.46. The molecular formula is C15H23O4P. The van der Waals surface area contributed by atoms with E-state index in [1.807, 2.05) is 0 Å². The molecule has 112 valence electrons. The quantitative estimate of drug-likeness (QED) is 0.432. The van der Waals surface area contributed by atoms with Gasteiger partial charge < -0.3 is 9.63 Å². The van der Waals surface area contributed by atoms with E-state index in [1.54, 1.807) is 30.3 Å². The zero-order valence-corrected chi connectivity index (χ0v) is 12.9. The van der Waals surface area contributed by atoms with Crippen molar-refractivity contribution in [3.8, 4) is 0 Å². The fraction of sp³-hybridized carbons (Fsp3) is 0.533. The molecule has 1 aromatic carbocycles. The molecule has 5 heteroatoms. The summed E-state index contributed by atoms with van der Waals surface area (Å²) in [5, 5.41) is 0.385. The van der Waals surface area contributed by atoms with E-state index in [0.29, 0.717) is 11.9 Å². The summed E-state index contributed by atoms with van der Waals surface area (Å²) < 4.78 is 17.1. The van der Waals surface area contributed by atoms with Crippen molar-refractivity contribution in [3.05, 3.63) is 30.3 Å². The van der Waals surface area contributed by atoms with E-state index >= 15 is 0 Å². The van der Waals surface area contributed by atoms with Gasteiger partial charge in [-0.25, -0.2) is 0 Å². The number of ether oxygens (including phenoxy) is 1. The van der Waals surface area contributed by atoms with E-state index < -0.39 is 13.3 Å². The lowest BCUT2D eigenvalue weighted by Gasteiger charge is -2.11. The predicted octanol–water partition coefficient (Wildman–Crippen LogP) is 3.10. The number of unbranched alkanes of at least 4 members (excludes halogenated alkanes) is 3. The minimum Gasteiger partial charge on any atom is -0.466 e. The summed E-state index contributed by atoms with van der Waals surface area (Å²) in [6.45, 7) is 2.52. The molecule has 0 spiro atoms. The van der Waals surface area contributed by atoms with Crippen molar-refractivity contribution in [1.82, 2.24) is 0 Å². The van der Waals surface area contributed by atoms with Gasteiger partial charge in [0.2, 0.25) is 7.37 Å². The predicted molar refractivity (Wildman–Crippen MR) is 80.5 cm³/mol. The summed E-state index contributed by atoms with van der Waals surface area (Å²) in [7, 11) is -3.45.